The number of carbonyl (C=O) groups is 1. The van der Waals surface area contributed by atoms with Crippen molar-refractivity contribution >= 4 is 28.6 Å². The number of aromatic carboxylic acids is 1. The molecule has 0 aromatic heterocycles. The molecule has 2 aromatic rings. The monoisotopic (exact) mass is 384 g/mol. The largest absolute Gasteiger partial charge is 0.496 e. The predicted molar refractivity (Wildman–Crippen MR) is 83.4 cm³/mol. The number of benzene rings is 2. The minimum absolute atomic E-state index is 0.144. The molecular formula is C15H13IO4. The summed E-state index contributed by atoms with van der Waals surface area (Å²) in [6.07, 6.45) is 0. The average molecular weight is 384 g/mol. The fourth-order valence-corrected chi connectivity index (χ4v) is 2.27. The predicted octanol–water partition coefficient (Wildman–Crippen LogP) is 3.58. The smallest absolute Gasteiger partial charge is 0.339 e. The van der Waals surface area contributed by atoms with Crippen molar-refractivity contribution in [3.05, 3.63) is 57.2 Å². The van der Waals surface area contributed by atoms with Crippen LogP contribution in [-0.2, 0) is 6.61 Å². The lowest BCUT2D eigenvalue weighted by atomic mass is 10.1. The van der Waals surface area contributed by atoms with Crippen LogP contribution in [0.25, 0.3) is 0 Å². The van der Waals surface area contributed by atoms with Crippen LogP contribution in [0.2, 0.25) is 0 Å². The Labute approximate surface area is 130 Å². The molecule has 0 unspecified atom stereocenters. The summed E-state index contributed by atoms with van der Waals surface area (Å²) in [5, 5.41) is 9.02. The topological polar surface area (TPSA) is 55.8 Å². The van der Waals surface area contributed by atoms with Gasteiger partial charge in [0.05, 0.1) is 10.7 Å². The van der Waals surface area contributed by atoms with Gasteiger partial charge in [-0.25, -0.2) is 4.79 Å². The molecule has 0 amide bonds. The van der Waals surface area contributed by atoms with Gasteiger partial charge >= 0.3 is 5.97 Å². The van der Waals surface area contributed by atoms with E-state index in [-0.39, 0.29) is 5.56 Å². The average Bonchev–Trinajstić information content (AvgIpc) is 2.46. The first-order chi connectivity index (χ1) is 9.61. The number of para-hydroxylation sites is 1. The van der Waals surface area contributed by atoms with Crippen molar-refractivity contribution in [2.45, 2.75) is 6.61 Å². The van der Waals surface area contributed by atoms with E-state index in [2.05, 4.69) is 22.6 Å². The van der Waals surface area contributed by atoms with Crippen molar-refractivity contribution < 1.29 is 19.4 Å². The molecule has 0 aliphatic carbocycles. The van der Waals surface area contributed by atoms with Crippen LogP contribution in [-0.4, -0.2) is 18.2 Å². The summed E-state index contributed by atoms with van der Waals surface area (Å²) in [7, 11) is 1.45. The fourth-order valence-electron chi connectivity index (χ4n) is 1.72. The highest BCUT2D eigenvalue weighted by atomic mass is 127. The van der Waals surface area contributed by atoms with Gasteiger partial charge in [-0.3, -0.25) is 0 Å². The van der Waals surface area contributed by atoms with Crippen molar-refractivity contribution in [2.24, 2.45) is 0 Å². The summed E-state index contributed by atoms with van der Waals surface area (Å²) in [6.45, 7) is 0.357. The molecule has 0 saturated heterocycles. The first-order valence-electron chi connectivity index (χ1n) is 5.89. The van der Waals surface area contributed by atoms with Crippen molar-refractivity contribution in [2.75, 3.05) is 7.11 Å². The van der Waals surface area contributed by atoms with Gasteiger partial charge in [-0.15, -0.1) is 0 Å². The third-order valence-corrected chi connectivity index (χ3v) is 3.62. The number of methoxy groups -OCH3 is 1. The van der Waals surface area contributed by atoms with Gasteiger partial charge in [0.15, 0.2) is 0 Å². The van der Waals surface area contributed by atoms with Crippen LogP contribution in [0.4, 0.5) is 0 Å². The van der Waals surface area contributed by atoms with E-state index in [0.717, 1.165) is 14.9 Å². The first kappa shape index (κ1) is 14.6. The maximum Gasteiger partial charge on any atom is 0.339 e. The van der Waals surface area contributed by atoms with Gasteiger partial charge in [0.25, 0.3) is 0 Å². The summed E-state index contributed by atoms with van der Waals surface area (Å²) >= 11 is 2.20. The maximum absolute atomic E-state index is 11.0. The van der Waals surface area contributed by atoms with Crippen molar-refractivity contribution in [3.63, 3.8) is 0 Å². The van der Waals surface area contributed by atoms with E-state index in [4.69, 9.17) is 14.6 Å². The number of hydrogen-bond acceptors (Lipinski definition) is 3. The summed E-state index contributed by atoms with van der Waals surface area (Å²) in [5.74, 6) is 0.127. The van der Waals surface area contributed by atoms with Gasteiger partial charge in [0.1, 0.15) is 23.7 Å². The molecule has 0 atom stereocenters. The minimum atomic E-state index is -1.01. The summed E-state index contributed by atoms with van der Waals surface area (Å²) in [4.78, 5) is 11.0. The van der Waals surface area contributed by atoms with E-state index >= 15 is 0 Å². The number of halogens is 1. The first-order valence-corrected chi connectivity index (χ1v) is 6.97. The molecular weight excluding hydrogens is 371 g/mol. The van der Waals surface area contributed by atoms with Crippen LogP contribution in [0, 0.1) is 3.57 Å². The van der Waals surface area contributed by atoms with Crippen LogP contribution in [0.15, 0.2) is 42.5 Å². The molecule has 104 valence electrons. The van der Waals surface area contributed by atoms with Gasteiger partial charge in [-0.1, -0.05) is 18.2 Å². The van der Waals surface area contributed by atoms with Crippen LogP contribution in [0.3, 0.4) is 0 Å². The molecule has 0 spiro atoms. The van der Waals surface area contributed by atoms with E-state index in [1.54, 1.807) is 12.1 Å². The summed E-state index contributed by atoms with van der Waals surface area (Å²) < 4.78 is 11.8. The van der Waals surface area contributed by atoms with Crippen LogP contribution in [0.1, 0.15) is 15.9 Å². The quantitative estimate of drug-likeness (QED) is 0.801. The van der Waals surface area contributed by atoms with E-state index in [1.165, 1.54) is 13.2 Å². The normalized spacial score (nSPS) is 10.1. The Bertz CT molecular complexity index is 625. The second kappa shape index (κ2) is 6.60. The fraction of sp³-hybridized carbons (Fsp3) is 0.133. The van der Waals surface area contributed by atoms with Crippen LogP contribution < -0.4 is 9.47 Å². The maximum atomic E-state index is 11.0. The summed E-state index contributed by atoms with van der Waals surface area (Å²) in [5.41, 5.74) is 0.997. The van der Waals surface area contributed by atoms with E-state index in [0.29, 0.717) is 12.4 Å². The second-order valence-corrected chi connectivity index (χ2v) is 5.22. The van der Waals surface area contributed by atoms with Gasteiger partial charge in [-0.2, -0.15) is 0 Å². The number of carboxylic acid groups (broad SMARTS) is 1. The Morgan fingerprint density at radius 1 is 1.20 bits per heavy atom. The molecule has 0 fully saturated rings. The Morgan fingerprint density at radius 2 is 1.95 bits per heavy atom. The molecule has 0 heterocycles. The molecule has 4 nitrogen and oxygen atoms in total. The Kier molecular flexibility index (Phi) is 4.84. The molecule has 5 heteroatoms. The van der Waals surface area contributed by atoms with E-state index in [1.807, 2.05) is 24.3 Å². The number of ether oxygens (including phenoxy) is 2. The molecule has 2 aromatic carbocycles. The Balaban J connectivity index is 2.15. The highest BCUT2D eigenvalue weighted by Crippen LogP contribution is 2.23. The molecule has 0 saturated carbocycles. The lowest BCUT2D eigenvalue weighted by Crippen LogP contribution is -2.03. The lowest BCUT2D eigenvalue weighted by Gasteiger charge is -2.10. The third kappa shape index (κ3) is 3.41. The second-order valence-electron chi connectivity index (χ2n) is 4.06. The molecule has 0 aliphatic rings. The zero-order valence-electron chi connectivity index (χ0n) is 10.8. The molecule has 20 heavy (non-hydrogen) atoms. The van der Waals surface area contributed by atoms with Gasteiger partial charge in [0, 0.05) is 0 Å². The molecule has 0 aliphatic heterocycles. The minimum Gasteiger partial charge on any atom is -0.496 e. The highest BCUT2D eigenvalue weighted by molar-refractivity contribution is 14.1. The summed E-state index contributed by atoms with van der Waals surface area (Å²) in [6, 6.07) is 12.6. The Hall–Kier alpha value is -1.76. The molecule has 0 bridgehead atoms. The molecule has 1 N–H and O–H groups in total. The number of rotatable bonds is 5. The van der Waals surface area contributed by atoms with Crippen LogP contribution >= 0.6 is 22.6 Å². The molecule has 2 rings (SSSR count). The standard InChI is InChI=1S/C15H13IO4/c1-19-14-8-10(6-7-11(14)15(17)18)9-20-13-5-3-2-4-12(13)16/h2-8H,9H2,1H3,(H,17,18). The van der Waals surface area contributed by atoms with Gasteiger partial charge in [0.2, 0.25) is 0 Å². The number of hydrogen-bond donors (Lipinski definition) is 1. The SMILES string of the molecule is COc1cc(COc2ccccc2I)ccc1C(=O)O. The zero-order valence-corrected chi connectivity index (χ0v) is 13.0. The van der Waals surface area contributed by atoms with Crippen molar-refractivity contribution in [1.29, 1.82) is 0 Å². The van der Waals surface area contributed by atoms with Gasteiger partial charge < -0.3 is 14.6 Å². The molecule has 0 radical (unpaired) electrons. The highest BCUT2D eigenvalue weighted by Gasteiger charge is 2.11. The third-order valence-electron chi connectivity index (χ3n) is 2.73. The van der Waals surface area contributed by atoms with E-state index < -0.39 is 5.97 Å². The zero-order chi connectivity index (χ0) is 14.5. The van der Waals surface area contributed by atoms with E-state index in [9.17, 15) is 4.79 Å². The van der Waals surface area contributed by atoms with Crippen molar-refractivity contribution in [1.82, 2.24) is 0 Å². The Morgan fingerprint density at radius 3 is 2.60 bits per heavy atom. The van der Waals surface area contributed by atoms with Gasteiger partial charge in [-0.05, 0) is 52.4 Å². The van der Waals surface area contributed by atoms with Crippen LogP contribution in [0.5, 0.6) is 11.5 Å². The van der Waals surface area contributed by atoms with Crippen molar-refractivity contribution in [3.8, 4) is 11.5 Å². The number of carboxylic acids is 1. The lowest BCUT2D eigenvalue weighted by molar-refractivity contribution is 0.0693.